The Hall–Kier alpha value is -3.48. The maximum absolute atomic E-state index is 12.9. The fraction of sp³-hybridized carbons (Fsp3) is 0.273. The highest BCUT2D eigenvalue weighted by Gasteiger charge is 2.29. The zero-order valence-corrected chi connectivity index (χ0v) is 16.2. The van der Waals surface area contributed by atoms with Crippen LogP contribution in [-0.4, -0.2) is 43.7 Å². The first kappa shape index (κ1) is 17.6. The molecule has 0 bridgehead atoms. The third kappa shape index (κ3) is 3.29. The Balaban J connectivity index is 1.27. The summed E-state index contributed by atoms with van der Waals surface area (Å²) >= 11 is 0. The van der Waals surface area contributed by atoms with Gasteiger partial charge in [-0.2, -0.15) is 0 Å². The van der Waals surface area contributed by atoms with Crippen LogP contribution in [0, 0.1) is 6.92 Å². The van der Waals surface area contributed by atoms with Crippen LogP contribution in [0.4, 0.5) is 0 Å². The summed E-state index contributed by atoms with van der Waals surface area (Å²) in [4.78, 5) is 14.7. The van der Waals surface area contributed by atoms with E-state index in [4.69, 9.17) is 4.52 Å². The lowest BCUT2D eigenvalue weighted by molar-refractivity contribution is 0.0669. The van der Waals surface area contributed by atoms with Crippen LogP contribution in [0.15, 0.2) is 59.3 Å². The van der Waals surface area contributed by atoms with Crippen LogP contribution < -0.4 is 0 Å². The molecule has 1 saturated heterocycles. The van der Waals surface area contributed by atoms with Crippen molar-refractivity contribution >= 4 is 11.6 Å². The fourth-order valence-electron chi connectivity index (χ4n) is 3.87. The molecule has 1 amide bonds. The molecule has 0 atom stereocenters. The van der Waals surface area contributed by atoms with Gasteiger partial charge in [-0.05, 0) is 31.9 Å². The van der Waals surface area contributed by atoms with E-state index in [-0.39, 0.29) is 17.6 Å². The molecule has 5 rings (SSSR count). The molecule has 0 radical (unpaired) electrons. The van der Waals surface area contributed by atoms with Gasteiger partial charge in [0.25, 0.3) is 5.91 Å². The number of aromatic nitrogens is 4. The highest BCUT2D eigenvalue weighted by Crippen LogP contribution is 2.28. The molecular weight excluding hydrogens is 366 g/mol. The normalized spacial score (nSPS) is 15.1. The molecule has 0 spiro atoms. The molecule has 1 aliphatic heterocycles. The number of piperidine rings is 1. The zero-order chi connectivity index (χ0) is 19.8. The Morgan fingerprint density at radius 3 is 2.66 bits per heavy atom. The molecule has 7 nitrogen and oxygen atoms in total. The molecule has 0 unspecified atom stereocenters. The Kier molecular flexibility index (Phi) is 4.35. The van der Waals surface area contributed by atoms with E-state index in [1.807, 2.05) is 64.9 Å². The molecule has 1 aromatic carbocycles. The monoisotopic (exact) mass is 387 g/mol. The minimum atomic E-state index is -0.111. The van der Waals surface area contributed by atoms with Gasteiger partial charge in [-0.3, -0.25) is 9.20 Å². The van der Waals surface area contributed by atoms with E-state index in [0.717, 1.165) is 29.9 Å². The summed E-state index contributed by atoms with van der Waals surface area (Å²) in [5.74, 6) is 1.43. The number of carbonyl (C=O) groups excluding carboxylic acids is 1. The second-order valence-corrected chi connectivity index (χ2v) is 7.50. The molecule has 4 heterocycles. The predicted molar refractivity (Wildman–Crippen MR) is 108 cm³/mol. The fourth-order valence-corrected chi connectivity index (χ4v) is 3.87. The Morgan fingerprint density at radius 1 is 1.07 bits per heavy atom. The van der Waals surface area contributed by atoms with E-state index in [2.05, 4.69) is 15.4 Å². The molecule has 0 saturated carbocycles. The maximum Gasteiger partial charge on any atom is 0.292 e. The molecule has 7 heteroatoms. The lowest BCUT2D eigenvalue weighted by Crippen LogP contribution is -2.38. The van der Waals surface area contributed by atoms with Crippen molar-refractivity contribution in [3.05, 3.63) is 71.9 Å². The van der Waals surface area contributed by atoms with E-state index in [1.54, 1.807) is 6.07 Å². The van der Waals surface area contributed by atoms with Crippen molar-refractivity contribution in [2.24, 2.45) is 0 Å². The van der Waals surface area contributed by atoms with Crippen LogP contribution in [0.3, 0.4) is 0 Å². The molecular formula is C22H21N5O2. The number of nitrogens with zero attached hydrogens (tertiary/aromatic N) is 5. The number of hydrogen-bond donors (Lipinski definition) is 0. The van der Waals surface area contributed by atoms with Crippen LogP contribution >= 0.6 is 0 Å². The van der Waals surface area contributed by atoms with Gasteiger partial charge >= 0.3 is 0 Å². The number of carbonyl (C=O) groups is 1. The second-order valence-electron chi connectivity index (χ2n) is 7.50. The number of aryl methyl sites for hydroxylation is 1. The molecule has 1 fully saturated rings. The predicted octanol–water partition coefficient (Wildman–Crippen LogP) is 3.71. The van der Waals surface area contributed by atoms with Crippen LogP contribution in [0.1, 0.15) is 40.7 Å². The largest absolute Gasteiger partial charge is 0.350 e. The van der Waals surface area contributed by atoms with Crippen molar-refractivity contribution in [2.75, 3.05) is 13.1 Å². The summed E-state index contributed by atoms with van der Waals surface area (Å²) in [7, 11) is 0. The van der Waals surface area contributed by atoms with Gasteiger partial charge in [-0.25, -0.2) is 0 Å². The van der Waals surface area contributed by atoms with Crippen molar-refractivity contribution in [1.82, 2.24) is 24.7 Å². The van der Waals surface area contributed by atoms with Gasteiger partial charge in [0.05, 0.1) is 0 Å². The van der Waals surface area contributed by atoms with Crippen molar-refractivity contribution in [2.45, 2.75) is 25.7 Å². The number of fused-ring (bicyclic) bond motifs is 1. The quantitative estimate of drug-likeness (QED) is 0.536. The van der Waals surface area contributed by atoms with Gasteiger partial charge in [0.2, 0.25) is 5.76 Å². The van der Waals surface area contributed by atoms with E-state index >= 15 is 0 Å². The molecule has 0 N–H and O–H groups in total. The first-order valence-electron chi connectivity index (χ1n) is 9.82. The van der Waals surface area contributed by atoms with Crippen LogP contribution in [0.2, 0.25) is 0 Å². The van der Waals surface area contributed by atoms with Crippen LogP contribution in [0.5, 0.6) is 0 Å². The minimum absolute atomic E-state index is 0.111. The first-order valence-corrected chi connectivity index (χ1v) is 9.82. The number of pyridine rings is 1. The summed E-state index contributed by atoms with van der Waals surface area (Å²) in [6.45, 7) is 3.35. The van der Waals surface area contributed by atoms with Gasteiger partial charge in [0.15, 0.2) is 5.65 Å². The summed E-state index contributed by atoms with van der Waals surface area (Å²) in [6, 6.07) is 15.6. The van der Waals surface area contributed by atoms with E-state index in [1.165, 1.54) is 5.56 Å². The molecule has 3 aromatic heterocycles. The Bertz CT molecular complexity index is 1150. The topological polar surface area (TPSA) is 76.5 Å². The number of rotatable bonds is 3. The maximum atomic E-state index is 12.9. The average Bonchev–Trinajstić information content (AvgIpc) is 3.42. The number of benzene rings is 1. The Labute approximate surface area is 168 Å². The zero-order valence-electron chi connectivity index (χ0n) is 16.2. The smallest absolute Gasteiger partial charge is 0.292 e. The third-order valence-corrected chi connectivity index (χ3v) is 5.56. The van der Waals surface area contributed by atoms with Crippen molar-refractivity contribution in [3.63, 3.8) is 0 Å². The Morgan fingerprint density at radius 2 is 1.86 bits per heavy atom. The summed E-state index contributed by atoms with van der Waals surface area (Å²) < 4.78 is 7.39. The SMILES string of the molecule is Cc1ccc(-c2cc(C(=O)N3CCC(c4nnc5ccccn45)CC3)on2)cc1. The van der Waals surface area contributed by atoms with Gasteiger partial charge in [-0.15, -0.1) is 10.2 Å². The van der Waals surface area contributed by atoms with Crippen LogP contribution in [0.25, 0.3) is 16.9 Å². The van der Waals surface area contributed by atoms with Crippen LogP contribution in [-0.2, 0) is 0 Å². The molecule has 29 heavy (non-hydrogen) atoms. The highest BCUT2D eigenvalue weighted by molar-refractivity contribution is 5.92. The number of amides is 1. The lowest BCUT2D eigenvalue weighted by Gasteiger charge is -2.30. The summed E-state index contributed by atoms with van der Waals surface area (Å²) in [5, 5.41) is 12.7. The van der Waals surface area contributed by atoms with E-state index in [0.29, 0.717) is 18.8 Å². The first-order chi connectivity index (χ1) is 14.2. The second kappa shape index (κ2) is 7.16. The summed E-state index contributed by atoms with van der Waals surface area (Å²) in [5.41, 5.74) is 3.65. The van der Waals surface area contributed by atoms with E-state index < -0.39 is 0 Å². The minimum Gasteiger partial charge on any atom is -0.350 e. The standard InChI is InChI=1S/C22H21N5O2/c1-15-5-7-16(8-6-15)18-14-19(29-25-18)22(28)26-12-9-17(10-13-26)21-24-23-20-4-2-3-11-27(20)21/h2-8,11,14,17H,9-10,12-13H2,1H3. The number of hydrogen-bond acceptors (Lipinski definition) is 5. The molecule has 1 aliphatic rings. The van der Waals surface area contributed by atoms with Gasteiger partial charge in [0, 0.05) is 36.8 Å². The third-order valence-electron chi connectivity index (χ3n) is 5.56. The molecule has 0 aliphatic carbocycles. The van der Waals surface area contributed by atoms with Gasteiger partial charge in [0.1, 0.15) is 11.5 Å². The van der Waals surface area contributed by atoms with E-state index in [9.17, 15) is 4.79 Å². The lowest BCUT2D eigenvalue weighted by atomic mass is 9.96. The highest BCUT2D eigenvalue weighted by atomic mass is 16.5. The average molecular weight is 387 g/mol. The number of likely N-dealkylation sites (tertiary alicyclic amines) is 1. The summed E-state index contributed by atoms with van der Waals surface area (Å²) in [6.07, 6.45) is 3.68. The van der Waals surface area contributed by atoms with Gasteiger partial charge in [-0.1, -0.05) is 41.1 Å². The van der Waals surface area contributed by atoms with Crippen molar-refractivity contribution in [1.29, 1.82) is 0 Å². The van der Waals surface area contributed by atoms with Crippen molar-refractivity contribution < 1.29 is 9.32 Å². The molecule has 4 aromatic rings. The van der Waals surface area contributed by atoms with Crippen molar-refractivity contribution in [3.8, 4) is 11.3 Å². The molecule has 146 valence electrons. The van der Waals surface area contributed by atoms with Gasteiger partial charge < -0.3 is 9.42 Å².